The zero-order chi connectivity index (χ0) is 15.4. The van der Waals surface area contributed by atoms with Crippen molar-refractivity contribution in [1.29, 1.82) is 0 Å². The molecule has 0 aliphatic rings. The highest BCUT2D eigenvalue weighted by Crippen LogP contribution is 2.35. The zero-order valence-electron chi connectivity index (χ0n) is 11.5. The lowest BCUT2D eigenvalue weighted by molar-refractivity contribution is -0.116. The molecular formula is C16H15Cl2NO2. The first kappa shape index (κ1) is 15.7. The van der Waals surface area contributed by atoms with E-state index in [0.717, 1.165) is 5.56 Å². The number of aromatic hydroxyl groups is 1. The number of benzene rings is 2. The van der Waals surface area contributed by atoms with Crippen molar-refractivity contribution in [2.45, 2.75) is 19.8 Å². The van der Waals surface area contributed by atoms with E-state index >= 15 is 0 Å². The predicted octanol–water partition coefficient (Wildman–Crippen LogP) is 4.58. The Hall–Kier alpha value is -1.71. The monoisotopic (exact) mass is 323 g/mol. The Bertz CT molecular complexity index is 654. The number of aryl methyl sites for hydroxylation is 2. The van der Waals surface area contributed by atoms with E-state index in [1.54, 1.807) is 0 Å². The number of hydrogen-bond donors (Lipinski definition) is 2. The number of amides is 1. The molecule has 0 heterocycles. The van der Waals surface area contributed by atoms with Crippen LogP contribution in [0.25, 0.3) is 0 Å². The van der Waals surface area contributed by atoms with Crippen LogP contribution < -0.4 is 5.32 Å². The van der Waals surface area contributed by atoms with Gasteiger partial charge in [0, 0.05) is 11.4 Å². The summed E-state index contributed by atoms with van der Waals surface area (Å²) in [7, 11) is 0. The average molecular weight is 324 g/mol. The summed E-state index contributed by atoms with van der Waals surface area (Å²) < 4.78 is 0. The van der Waals surface area contributed by atoms with E-state index in [1.807, 2.05) is 31.2 Å². The van der Waals surface area contributed by atoms with Gasteiger partial charge in [-0.25, -0.2) is 0 Å². The molecule has 2 aromatic rings. The zero-order valence-corrected chi connectivity index (χ0v) is 13.0. The van der Waals surface area contributed by atoms with E-state index in [1.165, 1.54) is 17.7 Å². The first-order valence-electron chi connectivity index (χ1n) is 6.49. The highest BCUT2D eigenvalue weighted by Gasteiger charge is 2.11. The molecule has 0 unspecified atom stereocenters. The Balaban J connectivity index is 1.97. The van der Waals surface area contributed by atoms with Gasteiger partial charge in [0.2, 0.25) is 5.91 Å². The molecule has 1 amide bonds. The van der Waals surface area contributed by atoms with Gasteiger partial charge in [-0.3, -0.25) is 4.79 Å². The molecule has 0 saturated heterocycles. The Morgan fingerprint density at radius 2 is 1.86 bits per heavy atom. The number of hydrogen-bond acceptors (Lipinski definition) is 2. The maximum absolute atomic E-state index is 11.9. The van der Waals surface area contributed by atoms with Crippen LogP contribution >= 0.6 is 23.2 Å². The van der Waals surface area contributed by atoms with E-state index in [-0.39, 0.29) is 22.4 Å². The normalized spacial score (nSPS) is 10.4. The van der Waals surface area contributed by atoms with Crippen molar-refractivity contribution in [3.63, 3.8) is 0 Å². The highest BCUT2D eigenvalue weighted by molar-refractivity contribution is 6.36. The highest BCUT2D eigenvalue weighted by atomic mass is 35.5. The third-order valence-corrected chi connectivity index (χ3v) is 3.57. The van der Waals surface area contributed by atoms with Crippen LogP contribution in [0, 0.1) is 6.92 Å². The quantitative estimate of drug-likeness (QED) is 0.809. The lowest BCUT2D eigenvalue weighted by Crippen LogP contribution is -2.12. The van der Waals surface area contributed by atoms with Crippen molar-refractivity contribution in [3.05, 3.63) is 57.6 Å². The van der Waals surface area contributed by atoms with Gasteiger partial charge in [0.05, 0.1) is 10.7 Å². The Morgan fingerprint density at radius 1 is 1.19 bits per heavy atom. The van der Waals surface area contributed by atoms with Gasteiger partial charge < -0.3 is 10.4 Å². The molecule has 0 saturated carbocycles. The third kappa shape index (κ3) is 4.38. The maximum Gasteiger partial charge on any atom is 0.224 e. The second-order valence-electron chi connectivity index (χ2n) is 4.82. The molecule has 0 aromatic heterocycles. The maximum atomic E-state index is 11.9. The number of halogens is 2. The lowest BCUT2D eigenvalue weighted by atomic mass is 10.1. The van der Waals surface area contributed by atoms with Crippen LogP contribution in [-0.4, -0.2) is 11.0 Å². The van der Waals surface area contributed by atoms with E-state index in [0.29, 0.717) is 17.9 Å². The number of carbonyl (C=O) groups excluding carboxylic acids is 1. The summed E-state index contributed by atoms with van der Waals surface area (Å²) >= 11 is 11.7. The van der Waals surface area contributed by atoms with Gasteiger partial charge in [-0.1, -0.05) is 53.0 Å². The topological polar surface area (TPSA) is 49.3 Å². The van der Waals surface area contributed by atoms with Crippen molar-refractivity contribution < 1.29 is 9.90 Å². The minimum Gasteiger partial charge on any atom is -0.504 e. The molecule has 0 aliphatic heterocycles. The van der Waals surface area contributed by atoms with E-state index in [2.05, 4.69) is 5.32 Å². The Morgan fingerprint density at radius 3 is 2.52 bits per heavy atom. The molecule has 0 bridgehead atoms. The molecule has 21 heavy (non-hydrogen) atoms. The second-order valence-corrected chi connectivity index (χ2v) is 5.66. The molecule has 0 aliphatic carbocycles. The fraction of sp³-hybridized carbons (Fsp3) is 0.188. The van der Waals surface area contributed by atoms with Crippen LogP contribution in [0.3, 0.4) is 0 Å². The summed E-state index contributed by atoms with van der Waals surface area (Å²) in [5, 5.41) is 12.9. The second kappa shape index (κ2) is 6.83. The smallest absolute Gasteiger partial charge is 0.224 e. The van der Waals surface area contributed by atoms with E-state index in [9.17, 15) is 9.90 Å². The predicted molar refractivity (Wildman–Crippen MR) is 86.3 cm³/mol. The van der Waals surface area contributed by atoms with Crippen molar-refractivity contribution in [3.8, 4) is 5.75 Å². The van der Waals surface area contributed by atoms with Gasteiger partial charge in [-0.15, -0.1) is 0 Å². The minimum absolute atomic E-state index is 0.108. The van der Waals surface area contributed by atoms with Gasteiger partial charge in [0.1, 0.15) is 0 Å². The molecule has 3 nitrogen and oxygen atoms in total. The molecule has 0 fully saturated rings. The summed E-state index contributed by atoms with van der Waals surface area (Å²) in [5.41, 5.74) is 2.49. The first-order valence-corrected chi connectivity index (χ1v) is 7.24. The standard InChI is InChI=1S/C16H15Cl2NO2/c1-10-2-4-11(5-3-10)6-7-15(20)19-14-9-12(17)8-13(18)16(14)21/h2-5,8-9,21H,6-7H2,1H3,(H,19,20). The number of phenols is 1. The summed E-state index contributed by atoms with van der Waals surface area (Å²) in [5.74, 6) is -0.381. The largest absolute Gasteiger partial charge is 0.504 e. The number of phenolic OH excluding ortho intramolecular Hbond substituents is 1. The molecule has 2 rings (SSSR count). The lowest BCUT2D eigenvalue weighted by Gasteiger charge is -2.09. The van der Waals surface area contributed by atoms with Gasteiger partial charge in [0.15, 0.2) is 5.75 Å². The molecule has 2 aromatic carbocycles. The molecule has 110 valence electrons. The number of anilines is 1. The first-order chi connectivity index (χ1) is 9.95. The van der Waals surface area contributed by atoms with Crippen LogP contribution in [0.1, 0.15) is 17.5 Å². The minimum atomic E-state index is -0.204. The number of carbonyl (C=O) groups is 1. The van der Waals surface area contributed by atoms with Crippen LogP contribution in [-0.2, 0) is 11.2 Å². The van der Waals surface area contributed by atoms with Crippen molar-refractivity contribution in [2.75, 3.05) is 5.32 Å². The van der Waals surface area contributed by atoms with Gasteiger partial charge in [0.25, 0.3) is 0 Å². The molecule has 5 heteroatoms. The molecule has 2 N–H and O–H groups in total. The third-order valence-electron chi connectivity index (χ3n) is 3.06. The van der Waals surface area contributed by atoms with Gasteiger partial charge >= 0.3 is 0 Å². The van der Waals surface area contributed by atoms with Crippen LogP contribution in [0.4, 0.5) is 5.69 Å². The van der Waals surface area contributed by atoms with E-state index < -0.39 is 0 Å². The summed E-state index contributed by atoms with van der Waals surface area (Å²) in [6, 6.07) is 10.9. The van der Waals surface area contributed by atoms with Crippen LogP contribution in [0.15, 0.2) is 36.4 Å². The van der Waals surface area contributed by atoms with E-state index in [4.69, 9.17) is 23.2 Å². The average Bonchev–Trinajstić information content (AvgIpc) is 2.43. The summed E-state index contributed by atoms with van der Waals surface area (Å²) in [4.78, 5) is 11.9. The molecular weight excluding hydrogens is 309 g/mol. The fourth-order valence-corrected chi connectivity index (χ4v) is 2.38. The molecule has 0 spiro atoms. The van der Waals surface area contributed by atoms with Gasteiger partial charge in [-0.05, 0) is 31.0 Å². The fourth-order valence-electron chi connectivity index (χ4n) is 1.89. The number of rotatable bonds is 4. The Kier molecular flexibility index (Phi) is 5.10. The SMILES string of the molecule is Cc1ccc(CCC(=O)Nc2cc(Cl)cc(Cl)c2O)cc1. The van der Waals surface area contributed by atoms with Crippen LogP contribution in [0.2, 0.25) is 10.0 Å². The van der Waals surface area contributed by atoms with Crippen LogP contribution in [0.5, 0.6) is 5.75 Å². The summed E-state index contributed by atoms with van der Waals surface area (Å²) in [6.45, 7) is 2.02. The van der Waals surface area contributed by atoms with Crippen molar-refractivity contribution >= 4 is 34.8 Å². The van der Waals surface area contributed by atoms with Crippen molar-refractivity contribution in [2.24, 2.45) is 0 Å². The number of nitrogens with one attached hydrogen (secondary N) is 1. The molecule has 0 atom stereocenters. The summed E-state index contributed by atoms with van der Waals surface area (Å²) in [6.07, 6.45) is 0.938. The van der Waals surface area contributed by atoms with Gasteiger partial charge in [-0.2, -0.15) is 0 Å². The van der Waals surface area contributed by atoms with Crippen molar-refractivity contribution in [1.82, 2.24) is 0 Å². The molecule has 0 radical (unpaired) electrons. The Labute approximate surface area is 133 Å².